The summed E-state index contributed by atoms with van der Waals surface area (Å²) in [4.78, 5) is -0.104. The van der Waals surface area contributed by atoms with E-state index in [0.29, 0.717) is 0 Å². The first-order valence-corrected chi connectivity index (χ1v) is 5.93. The summed E-state index contributed by atoms with van der Waals surface area (Å²) in [6.45, 7) is 0. The van der Waals surface area contributed by atoms with Crippen LogP contribution in [-0.4, -0.2) is 14.2 Å². The maximum Gasteiger partial charge on any atom is 0.193 e. The molecule has 0 amide bonds. The summed E-state index contributed by atoms with van der Waals surface area (Å²) in [7, 11) is -3.64. The molecule has 0 bridgehead atoms. The summed E-state index contributed by atoms with van der Waals surface area (Å²) in [5, 5.41) is 8.66. The van der Waals surface area contributed by atoms with Gasteiger partial charge in [-0.25, -0.2) is 8.42 Å². The molecule has 1 rings (SSSR count). The van der Waals surface area contributed by atoms with E-state index in [1.54, 1.807) is 6.07 Å². The van der Waals surface area contributed by atoms with E-state index in [4.69, 9.17) is 28.5 Å². The fraction of sp³-hybridized carbons (Fsp3) is 0.125. The van der Waals surface area contributed by atoms with Gasteiger partial charge in [0.15, 0.2) is 9.84 Å². The van der Waals surface area contributed by atoms with Crippen molar-refractivity contribution < 1.29 is 8.42 Å². The van der Waals surface area contributed by atoms with Crippen LogP contribution in [-0.2, 0) is 9.84 Å². The average Bonchev–Trinajstić information content (AvgIpc) is 2.09. The van der Waals surface area contributed by atoms with Gasteiger partial charge in [-0.05, 0) is 18.2 Å². The molecule has 0 aromatic heterocycles. The second-order valence-electron chi connectivity index (χ2n) is 2.49. The Morgan fingerprint density at radius 1 is 1.36 bits per heavy atom. The molecule has 0 spiro atoms. The van der Waals surface area contributed by atoms with Gasteiger partial charge in [-0.2, -0.15) is 5.26 Å². The van der Waals surface area contributed by atoms with Crippen LogP contribution in [0.15, 0.2) is 23.1 Å². The normalized spacial score (nSPS) is 10.9. The van der Waals surface area contributed by atoms with Crippen molar-refractivity contribution in [3.05, 3.63) is 28.2 Å². The predicted molar refractivity (Wildman–Crippen MR) is 54.1 cm³/mol. The molecule has 0 aliphatic carbocycles. The van der Waals surface area contributed by atoms with Crippen LogP contribution in [0.25, 0.3) is 0 Å². The van der Waals surface area contributed by atoms with E-state index in [-0.39, 0.29) is 14.9 Å². The lowest BCUT2D eigenvalue weighted by Gasteiger charge is -2.02. The van der Waals surface area contributed by atoms with Crippen molar-refractivity contribution in [3.8, 4) is 6.07 Å². The fourth-order valence-electron chi connectivity index (χ4n) is 0.878. The molecular weight excluding hydrogens is 245 g/mol. The molecule has 1 aromatic carbocycles. The molecule has 0 aliphatic heterocycles. The maximum absolute atomic E-state index is 11.4. The molecule has 0 fully saturated rings. The molecule has 0 saturated carbocycles. The van der Waals surface area contributed by atoms with Crippen molar-refractivity contribution in [1.29, 1.82) is 5.26 Å². The van der Waals surface area contributed by atoms with Crippen LogP contribution in [0.2, 0.25) is 10.0 Å². The Bertz CT molecular complexity index is 491. The zero-order chi connectivity index (χ0) is 10.8. The minimum Gasteiger partial charge on any atom is -0.223 e. The highest BCUT2D eigenvalue weighted by molar-refractivity contribution is 7.91. The van der Waals surface area contributed by atoms with Gasteiger partial charge in [0.1, 0.15) is 5.75 Å². The van der Waals surface area contributed by atoms with E-state index >= 15 is 0 Å². The van der Waals surface area contributed by atoms with Gasteiger partial charge in [-0.3, -0.25) is 0 Å². The molecule has 0 aliphatic rings. The van der Waals surface area contributed by atoms with Crippen LogP contribution in [0.5, 0.6) is 0 Å². The smallest absolute Gasteiger partial charge is 0.193 e. The summed E-state index contributed by atoms with van der Waals surface area (Å²) >= 11 is 11.3. The SMILES string of the molecule is N#CCS(=O)(=O)c1cc(Cl)ccc1Cl. The quantitative estimate of drug-likeness (QED) is 0.809. The topological polar surface area (TPSA) is 57.9 Å². The summed E-state index contributed by atoms with van der Waals surface area (Å²) in [5.74, 6) is -0.604. The molecular formula is C8H5Cl2NO2S. The Kier molecular flexibility index (Phi) is 3.38. The highest BCUT2D eigenvalue weighted by atomic mass is 35.5. The van der Waals surface area contributed by atoms with E-state index < -0.39 is 15.6 Å². The van der Waals surface area contributed by atoms with E-state index in [9.17, 15) is 8.42 Å². The Hall–Kier alpha value is -0.760. The minimum atomic E-state index is -3.64. The molecule has 0 saturated heterocycles. The van der Waals surface area contributed by atoms with Gasteiger partial charge in [0.25, 0.3) is 0 Å². The molecule has 0 unspecified atom stereocenters. The molecule has 14 heavy (non-hydrogen) atoms. The van der Waals surface area contributed by atoms with Gasteiger partial charge in [0.05, 0.1) is 16.0 Å². The average molecular weight is 250 g/mol. The summed E-state index contributed by atoms with van der Waals surface area (Å²) in [6.07, 6.45) is 0. The lowest BCUT2D eigenvalue weighted by atomic mass is 10.4. The number of nitriles is 1. The fourth-order valence-corrected chi connectivity index (χ4v) is 2.58. The first kappa shape index (κ1) is 11.3. The van der Waals surface area contributed by atoms with Crippen molar-refractivity contribution >= 4 is 33.0 Å². The van der Waals surface area contributed by atoms with E-state index in [2.05, 4.69) is 0 Å². The van der Waals surface area contributed by atoms with E-state index in [1.807, 2.05) is 0 Å². The van der Waals surface area contributed by atoms with Crippen LogP contribution < -0.4 is 0 Å². The third-order valence-corrected chi connectivity index (χ3v) is 3.68. The number of hydrogen-bond acceptors (Lipinski definition) is 3. The lowest BCUT2D eigenvalue weighted by Crippen LogP contribution is -2.05. The number of benzene rings is 1. The Morgan fingerprint density at radius 2 is 2.00 bits per heavy atom. The van der Waals surface area contributed by atoms with Crippen LogP contribution in [0.4, 0.5) is 0 Å². The van der Waals surface area contributed by atoms with Gasteiger partial charge in [-0.15, -0.1) is 0 Å². The third kappa shape index (κ3) is 2.38. The van der Waals surface area contributed by atoms with Gasteiger partial charge in [-0.1, -0.05) is 23.2 Å². The third-order valence-electron chi connectivity index (χ3n) is 1.48. The van der Waals surface area contributed by atoms with E-state index in [0.717, 1.165) is 0 Å². The van der Waals surface area contributed by atoms with Crippen LogP contribution in [0.1, 0.15) is 0 Å². The van der Waals surface area contributed by atoms with Crippen molar-refractivity contribution in [2.75, 3.05) is 5.75 Å². The zero-order valence-electron chi connectivity index (χ0n) is 6.87. The van der Waals surface area contributed by atoms with E-state index in [1.165, 1.54) is 18.2 Å². The van der Waals surface area contributed by atoms with Crippen LogP contribution in [0.3, 0.4) is 0 Å². The Balaban J connectivity index is 3.33. The predicted octanol–water partition coefficient (Wildman–Crippen LogP) is 2.29. The molecule has 6 heteroatoms. The van der Waals surface area contributed by atoms with Crippen LogP contribution >= 0.6 is 23.2 Å². The maximum atomic E-state index is 11.4. The molecule has 0 atom stereocenters. The highest BCUT2D eigenvalue weighted by Crippen LogP contribution is 2.25. The Labute approximate surface area is 91.8 Å². The zero-order valence-corrected chi connectivity index (χ0v) is 9.20. The molecule has 74 valence electrons. The molecule has 0 radical (unpaired) electrons. The monoisotopic (exact) mass is 249 g/mol. The minimum absolute atomic E-state index is 0.0738. The first-order chi connectivity index (χ1) is 6.47. The highest BCUT2D eigenvalue weighted by Gasteiger charge is 2.17. The lowest BCUT2D eigenvalue weighted by molar-refractivity contribution is 0.599. The van der Waals surface area contributed by atoms with Crippen molar-refractivity contribution in [1.82, 2.24) is 0 Å². The number of halogens is 2. The van der Waals surface area contributed by atoms with Crippen molar-refractivity contribution in [2.24, 2.45) is 0 Å². The molecule has 0 N–H and O–H groups in total. The van der Waals surface area contributed by atoms with Crippen molar-refractivity contribution in [2.45, 2.75) is 4.90 Å². The molecule has 0 heterocycles. The summed E-state index contributed by atoms with van der Waals surface area (Å²) in [5.41, 5.74) is 0. The number of sulfone groups is 1. The first-order valence-electron chi connectivity index (χ1n) is 3.52. The second-order valence-corrected chi connectivity index (χ2v) is 5.29. The summed E-state index contributed by atoms with van der Waals surface area (Å²) < 4.78 is 22.9. The number of hydrogen-bond donors (Lipinski definition) is 0. The van der Waals surface area contributed by atoms with Crippen molar-refractivity contribution in [3.63, 3.8) is 0 Å². The van der Waals surface area contributed by atoms with Gasteiger partial charge < -0.3 is 0 Å². The number of rotatable bonds is 2. The molecule has 1 aromatic rings. The second kappa shape index (κ2) is 4.18. The standard InChI is InChI=1S/C8H5Cl2NO2S/c9-6-1-2-7(10)8(5-6)14(12,13)4-3-11/h1-2,5H,4H2. The summed E-state index contributed by atoms with van der Waals surface area (Å²) in [6, 6.07) is 5.66. The largest absolute Gasteiger partial charge is 0.223 e. The Morgan fingerprint density at radius 3 is 2.57 bits per heavy atom. The number of nitrogens with zero attached hydrogens (tertiary/aromatic N) is 1. The molecule has 3 nitrogen and oxygen atoms in total. The van der Waals surface area contributed by atoms with Gasteiger partial charge in [0, 0.05) is 5.02 Å². The van der Waals surface area contributed by atoms with Crippen LogP contribution in [0, 0.1) is 11.3 Å². The van der Waals surface area contributed by atoms with Gasteiger partial charge in [0.2, 0.25) is 0 Å². The van der Waals surface area contributed by atoms with Gasteiger partial charge >= 0.3 is 0 Å².